The van der Waals surface area contributed by atoms with Crippen LogP contribution in [0.3, 0.4) is 0 Å². The lowest BCUT2D eigenvalue weighted by atomic mass is 10.6. The largest absolute Gasteiger partial charge is 0.500 e. The summed E-state index contributed by atoms with van der Waals surface area (Å²) in [5.41, 5.74) is 0. The first-order valence-electron chi connectivity index (χ1n) is 11.6. The fraction of sp³-hybridized carbons (Fsp3) is 0.900. The number of aliphatic hydroxyl groups is 2. The van der Waals surface area contributed by atoms with Gasteiger partial charge in [-0.25, -0.2) is 0 Å². The molecular formula is C20H44O8S2Si2. The summed E-state index contributed by atoms with van der Waals surface area (Å²) in [6, 6.07) is 1.29. The molecule has 0 aliphatic carbocycles. The summed E-state index contributed by atoms with van der Waals surface area (Å²) < 4.78 is 35.5. The van der Waals surface area contributed by atoms with E-state index in [0.29, 0.717) is 63.2 Å². The second-order valence-electron chi connectivity index (χ2n) is 6.68. The molecule has 0 rings (SSSR count). The van der Waals surface area contributed by atoms with Crippen molar-refractivity contribution in [2.75, 3.05) is 51.1 Å². The van der Waals surface area contributed by atoms with Crippen molar-refractivity contribution in [1.29, 1.82) is 0 Å². The second kappa shape index (κ2) is 18.6. The highest BCUT2D eigenvalue weighted by atomic mass is 32.2. The zero-order valence-electron chi connectivity index (χ0n) is 20.6. The van der Waals surface area contributed by atoms with Crippen molar-refractivity contribution in [3.05, 3.63) is 0 Å². The van der Waals surface area contributed by atoms with E-state index in [-0.39, 0.29) is 5.05 Å². The topological polar surface area (TPSA) is 95.8 Å². The Morgan fingerprint density at radius 1 is 0.625 bits per heavy atom. The highest BCUT2D eigenvalue weighted by Gasteiger charge is 2.41. The van der Waals surface area contributed by atoms with Gasteiger partial charge >= 0.3 is 17.6 Å². The Kier molecular flexibility index (Phi) is 18.7. The van der Waals surface area contributed by atoms with Crippen molar-refractivity contribution in [2.24, 2.45) is 0 Å². The van der Waals surface area contributed by atoms with Gasteiger partial charge < -0.3 is 36.8 Å². The van der Waals surface area contributed by atoms with Crippen LogP contribution < -0.4 is 0 Å². The van der Waals surface area contributed by atoms with Crippen LogP contribution in [0.15, 0.2) is 0 Å². The summed E-state index contributed by atoms with van der Waals surface area (Å²) in [7, 11) is -6.11. The van der Waals surface area contributed by atoms with Gasteiger partial charge in [0.1, 0.15) is 0 Å². The van der Waals surface area contributed by atoms with E-state index in [9.17, 15) is 10.2 Å². The Bertz CT molecular complexity index is 484. The predicted molar refractivity (Wildman–Crippen MR) is 140 cm³/mol. The molecule has 0 aliphatic heterocycles. The number of hydrogen-bond acceptors (Lipinski definition) is 7. The van der Waals surface area contributed by atoms with Gasteiger partial charge in [-0.05, 0) is 78.1 Å². The summed E-state index contributed by atoms with van der Waals surface area (Å²) in [6.45, 7) is 14.7. The molecule has 8 nitrogen and oxygen atoms in total. The molecule has 0 fully saturated rings. The lowest BCUT2D eigenvalue weighted by molar-refractivity contribution is 0.0705. The fourth-order valence-corrected chi connectivity index (χ4v) is 11.3. The third kappa shape index (κ3) is 12.1. The molecular weight excluding hydrogens is 489 g/mol. The molecule has 0 heterocycles. The van der Waals surface area contributed by atoms with Gasteiger partial charge in [0.15, 0.2) is 5.05 Å². The summed E-state index contributed by atoms with van der Waals surface area (Å²) in [4.78, 5) is 0. The standard InChI is InChI=1S/C20H44O8S2Si2/c1-7-23-31(24-8-2,25-9-3)17-13-15-30(20(22)19(21)29)16-14-18-32(26-10-4,27-11-5)28-12-6/h22H,7-18H2,1-6H3,(H,21,29). The van der Waals surface area contributed by atoms with Crippen LogP contribution in [0, 0.1) is 0 Å². The lowest BCUT2D eigenvalue weighted by Gasteiger charge is -2.29. The minimum Gasteiger partial charge on any atom is -0.497 e. The van der Waals surface area contributed by atoms with Crippen LogP contribution in [-0.4, -0.2) is 89.1 Å². The summed E-state index contributed by atoms with van der Waals surface area (Å²) >= 11 is 4.84. The predicted octanol–water partition coefficient (Wildman–Crippen LogP) is 4.71. The third-order valence-electron chi connectivity index (χ3n) is 4.39. The van der Waals surface area contributed by atoms with Gasteiger partial charge in [-0.2, -0.15) is 10.5 Å². The molecule has 0 radical (unpaired) electrons. The Labute approximate surface area is 204 Å². The molecule has 192 valence electrons. The normalized spacial score (nSPS) is 12.5. The Morgan fingerprint density at radius 3 is 1.12 bits per heavy atom. The average molecular weight is 533 g/mol. The van der Waals surface area contributed by atoms with Crippen LogP contribution in [-0.2, 0) is 26.6 Å². The van der Waals surface area contributed by atoms with Gasteiger partial charge in [0.2, 0.25) is 5.05 Å². The van der Waals surface area contributed by atoms with Crippen molar-refractivity contribution in [3.8, 4) is 0 Å². The third-order valence-corrected chi connectivity index (χ3v) is 13.3. The Hall–Kier alpha value is 0.264. The van der Waals surface area contributed by atoms with E-state index < -0.39 is 33.1 Å². The zero-order chi connectivity index (χ0) is 24.5. The van der Waals surface area contributed by atoms with Gasteiger partial charge in [0, 0.05) is 51.7 Å². The summed E-state index contributed by atoms with van der Waals surface area (Å²) in [5, 5.41) is 19.6. The second-order valence-corrected chi connectivity index (χ2v) is 14.7. The molecule has 0 aliphatic rings. The van der Waals surface area contributed by atoms with E-state index in [1.807, 2.05) is 41.5 Å². The first kappa shape index (κ1) is 32.3. The van der Waals surface area contributed by atoms with E-state index in [0.717, 1.165) is 12.8 Å². The monoisotopic (exact) mass is 532 g/mol. The maximum Gasteiger partial charge on any atom is 0.500 e. The smallest absolute Gasteiger partial charge is 0.497 e. The van der Waals surface area contributed by atoms with Crippen LogP contribution >= 0.6 is 22.7 Å². The first-order chi connectivity index (χ1) is 15.3. The Balaban J connectivity index is 5.25. The SMILES string of the molecule is CCO[Si](CCCS(CCC[Si](OCC)(OCC)OCC)=C(O)C(O)=S)(OCC)OCC. The molecule has 0 aromatic carbocycles. The molecule has 32 heavy (non-hydrogen) atoms. The first-order valence-corrected chi connectivity index (χ1v) is 17.4. The molecule has 0 unspecified atom stereocenters. The van der Waals surface area contributed by atoms with Crippen LogP contribution in [0.4, 0.5) is 0 Å². The van der Waals surface area contributed by atoms with E-state index in [4.69, 9.17) is 38.8 Å². The van der Waals surface area contributed by atoms with E-state index >= 15 is 0 Å². The van der Waals surface area contributed by atoms with Crippen LogP contribution in [0.1, 0.15) is 54.4 Å². The van der Waals surface area contributed by atoms with Gasteiger partial charge in [-0.3, -0.25) is 0 Å². The molecule has 12 heteroatoms. The highest BCUT2D eigenvalue weighted by Crippen LogP contribution is 2.27. The quantitative estimate of drug-likeness (QED) is 0.171. The number of rotatable bonds is 20. The van der Waals surface area contributed by atoms with Crippen LogP contribution in [0.25, 0.3) is 0 Å². The maximum absolute atomic E-state index is 10.4. The molecule has 0 aromatic heterocycles. The Morgan fingerprint density at radius 2 is 0.906 bits per heavy atom. The van der Waals surface area contributed by atoms with Crippen molar-refractivity contribution in [2.45, 2.75) is 66.5 Å². The van der Waals surface area contributed by atoms with Crippen LogP contribution in [0.5, 0.6) is 0 Å². The zero-order valence-corrected chi connectivity index (χ0v) is 24.3. The van der Waals surface area contributed by atoms with Gasteiger partial charge in [0.25, 0.3) is 0 Å². The van der Waals surface area contributed by atoms with Gasteiger partial charge in [-0.1, -0.05) is 0 Å². The van der Waals surface area contributed by atoms with E-state index in [1.165, 1.54) is 0 Å². The number of hydrogen-bond donors (Lipinski definition) is 2. The molecule has 0 atom stereocenters. The van der Waals surface area contributed by atoms with Crippen molar-refractivity contribution in [3.63, 3.8) is 0 Å². The molecule has 0 spiro atoms. The van der Waals surface area contributed by atoms with E-state index in [2.05, 4.69) is 0 Å². The average Bonchev–Trinajstić information content (AvgIpc) is 2.73. The molecule has 0 aromatic rings. The highest BCUT2D eigenvalue weighted by molar-refractivity contribution is 8.17. The molecule has 0 amide bonds. The van der Waals surface area contributed by atoms with Crippen LogP contribution in [0.2, 0.25) is 12.1 Å². The van der Waals surface area contributed by atoms with E-state index in [1.54, 1.807) is 0 Å². The lowest BCUT2D eigenvalue weighted by Crippen LogP contribution is -2.46. The minimum absolute atomic E-state index is 0.118. The fourth-order valence-electron chi connectivity index (χ4n) is 3.35. The number of thiocarbonyl (C=S) groups is 1. The molecule has 0 saturated carbocycles. The summed E-state index contributed by atoms with van der Waals surface area (Å²) in [6.07, 6.45) is 1.46. The summed E-state index contributed by atoms with van der Waals surface area (Å²) in [5.74, 6) is 1.31. The van der Waals surface area contributed by atoms with Crippen molar-refractivity contribution >= 4 is 50.4 Å². The van der Waals surface area contributed by atoms with Gasteiger partial charge in [-0.15, -0.1) is 0 Å². The number of aliphatic hydroxyl groups excluding tert-OH is 2. The van der Waals surface area contributed by atoms with Crippen molar-refractivity contribution in [1.82, 2.24) is 0 Å². The van der Waals surface area contributed by atoms with Gasteiger partial charge in [0.05, 0.1) is 0 Å². The molecule has 2 N–H and O–H groups in total. The van der Waals surface area contributed by atoms with Crippen molar-refractivity contribution < 1.29 is 36.8 Å². The minimum atomic E-state index is -2.75. The molecule has 0 bridgehead atoms. The molecule has 0 saturated heterocycles. The maximum atomic E-state index is 10.4.